The Kier molecular flexibility index (Phi) is 9.06. The molecule has 2 aromatic carbocycles. The van der Waals surface area contributed by atoms with E-state index in [1.54, 1.807) is 6.07 Å². The lowest BCUT2D eigenvalue weighted by atomic mass is 9.98. The van der Waals surface area contributed by atoms with Gasteiger partial charge in [0.05, 0.1) is 34.1 Å². The van der Waals surface area contributed by atoms with Crippen LogP contribution in [0, 0.1) is 6.92 Å². The molecule has 6 nitrogen and oxygen atoms in total. The number of halogens is 2. The number of likely N-dealkylation sites (tertiary alicyclic amines) is 2. The van der Waals surface area contributed by atoms with Crippen LogP contribution in [0.2, 0.25) is 10.0 Å². The number of amides is 1. The molecule has 8 heteroatoms. The smallest absolute Gasteiger partial charge is 0.253 e. The van der Waals surface area contributed by atoms with E-state index >= 15 is 0 Å². The first-order chi connectivity index (χ1) is 16.9. The van der Waals surface area contributed by atoms with Crippen molar-refractivity contribution in [2.75, 3.05) is 45.2 Å². The van der Waals surface area contributed by atoms with E-state index in [1.807, 2.05) is 55.5 Å². The zero-order chi connectivity index (χ0) is 24.8. The van der Waals surface area contributed by atoms with Crippen LogP contribution in [-0.2, 0) is 4.74 Å². The molecule has 2 saturated heterocycles. The second-order valence-corrected chi connectivity index (χ2v) is 10.2. The molecule has 0 bridgehead atoms. The monoisotopic (exact) mass is 516 g/mol. The fourth-order valence-corrected chi connectivity index (χ4v) is 5.28. The van der Waals surface area contributed by atoms with Crippen LogP contribution in [0.5, 0.6) is 0 Å². The molecule has 0 radical (unpaired) electrons. The van der Waals surface area contributed by atoms with Crippen molar-refractivity contribution in [2.24, 2.45) is 4.99 Å². The number of nitrogens with zero attached hydrogens (tertiary/aromatic N) is 3. The molecule has 0 unspecified atom stereocenters. The third-order valence-corrected chi connectivity index (χ3v) is 7.68. The zero-order valence-corrected chi connectivity index (χ0v) is 22.0. The van der Waals surface area contributed by atoms with Crippen molar-refractivity contribution < 1.29 is 9.53 Å². The molecule has 35 heavy (non-hydrogen) atoms. The summed E-state index contributed by atoms with van der Waals surface area (Å²) in [6.07, 6.45) is 6.70. The number of methoxy groups -OCH3 is 1. The summed E-state index contributed by atoms with van der Waals surface area (Å²) >= 11 is 11.3. The van der Waals surface area contributed by atoms with Crippen molar-refractivity contribution in [3.63, 3.8) is 0 Å². The molecule has 1 N–H and O–H groups in total. The van der Waals surface area contributed by atoms with Crippen LogP contribution in [0.25, 0.3) is 0 Å². The first kappa shape index (κ1) is 26.0. The maximum Gasteiger partial charge on any atom is 0.253 e. The predicted octanol–water partition coefficient (Wildman–Crippen LogP) is 5.83. The highest BCUT2D eigenvalue weighted by Gasteiger charge is 2.30. The molecule has 3 aliphatic heterocycles. The summed E-state index contributed by atoms with van der Waals surface area (Å²) in [5.74, 6) is 0.135. The number of hydrogen-bond acceptors (Lipinski definition) is 5. The molecule has 2 fully saturated rings. The van der Waals surface area contributed by atoms with Gasteiger partial charge < -0.3 is 15.0 Å². The number of fused-ring (bicyclic) bond motifs is 1. The van der Waals surface area contributed by atoms with Gasteiger partial charge in [0.15, 0.2) is 0 Å². The van der Waals surface area contributed by atoms with Gasteiger partial charge in [-0.15, -0.1) is 0 Å². The summed E-state index contributed by atoms with van der Waals surface area (Å²) in [6.45, 7) is 6.55. The van der Waals surface area contributed by atoms with Crippen LogP contribution in [0.1, 0.15) is 41.6 Å². The number of benzene rings is 2. The van der Waals surface area contributed by atoms with E-state index in [9.17, 15) is 4.79 Å². The molecule has 0 aliphatic carbocycles. The molecule has 3 heterocycles. The van der Waals surface area contributed by atoms with Crippen molar-refractivity contribution in [2.45, 2.75) is 44.8 Å². The molecule has 188 valence electrons. The van der Waals surface area contributed by atoms with Crippen molar-refractivity contribution in [1.29, 1.82) is 0 Å². The van der Waals surface area contributed by atoms with Gasteiger partial charge >= 0.3 is 0 Å². The highest BCUT2D eigenvalue weighted by Crippen LogP contribution is 2.29. The number of piperidine rings is 2. The van der Waals surface area contributed by atoms with E-state index in [0.29, 0.717) is 28.7 Å². The molecule has 0 spiro atoms. The molecular formula is C27H34Cl2N4O2. The first-order valence-corrected chi connectivity index (χ1v) is 13.1. The summed E-state index contributed by atoms with van der Waals surface area (Å²) in [5, 5.41) is 4.52. The number of hydrogen-bond donors (Lipinski definition) is 1. The number of carbonyl (C=O) groups excluding carboxylic acids is 1. The Morgan fingerprint density at radius 2 is 1.86 bits per heavy atom. The minimum absolute atomic E-state index is 0.135. The van der Waals surface area contributed by atoms with Crippen LogP contribution >= 0.6 is 23.2 Å². The lowest BCUT2D eigenvalue weighted by Crippen LogP contribution is -2.50. The highest BCUT2D eigenvalue weighted by molar-refractivity contribution is 6.42. The van der Waals surface area contributed by atoms with Crippen LogP contribution in [0.15, 0.2) is 41.4 Å². The quantitative estimate of drug-likeness (QED) is 0.557. The Morgan fingerprint density at radius 3 is 2.57 bits per heavy atom. The first-order valence-electron chi connectivity index (χ1n) is 12.3. The lowest BCUT2D eigenvalue weighted by molar-refractivity contribution is 0.00169. The summed E-state index contributed by atoms with van der Waals surface area (Å²) in [4.78, 5) is 21.8. The van der Waals surface area contributed by atoms with Gasteiger partial charge in [-0.1, -0.05) is 29.3 Å². The van der Waals surface area contributed by atoms with E-state index in [-0.39, 0.29) is 5.91 Å². The number of aryl methyl sites for hydroxylation is 1. The van der Waals surface area contributed by atoms with Gasteiger partial charge in [0.2, 0.25) is 0 Å². The van der Waals surface area contributed by atoms with Gasteiger partial charge in [0.25, 0.3) is 5.91 Å². The Hall–Kier alpha value is -2.12. The standard InChI is InChI=1S/C20H28N4O2.C7H6Cl2/c1-26-17-3-2-10-24(14-17)16-6-11-23(12-7-16)20(25)15-4-5-18-19(13-15)22-9-8-21-18;1-5-2-3-6(8)7(9)4-5/h4-5,8,13,16-17,22H,2-3,6-7,9-12,14H2,1H3;2-4H,1H3/t17-;/m0./s1. The topological polar surface area (TPSA) is 57.2 Å². The van der Waals surface area contributed by atoms with Gasteiger partial charge in [-0.2, -0.15) is 0 Å². The summed E-state index contributed by atoms with van der Waals surface area (Å²) in [6, 6.07) is 11.9. The fraction of sp³-hybridized carbons (Fsp3) is 0.481. The number of carbonyl (C=O) groups is 1. The number of ether oxygens (including phenoxy) is 1. The van der Waals surface area contributed by atoms with Gasteiger partial charge in [0.1, 0.15) is 0 Å². The zero-order valence-electron chi connectivity index (χ0n) is 20.5. The summed E-state index contributed by atoms with van der Waals surface area (Å²) in [5.41, 5.74) is 3.74. The molecule has 1 atom stereocenters. The highest BCUT2D eigenvalue weighted by atomic mass is 35.5. The maximum absolute atomic E-state index is 12.9. The van der Waals surface area contributed by atoms with Crippen LogP contribution in [0.3, 0.4) is 0 Å². The van der Waals surface area contributed by atoms with Crippen LogP contribution in [0.4, 0.5) is 11.4 Å². The van der Waals surface area contributed by atoms with E-state index in [2.05, 4.69) is 15.2 Å². The fourth-order valence-electron chi connectivity index (χ4n) is 4.93. The van der Waals surface area contributed by atoms with E-state index < -0.39 is 0 Å². The van der Waals surface area contributed by atoms with Crippen LogP contribution < -0.4 is 5.32 Å². The molecule has 5 rings (SSSR count). The largest absolute Gasteiger partial charge is 0.380 e. The second-order valence-electron chi connectivity index (χ2n) is 9.36. The van der Waals surface area contributed by atoms with Gasteiger partial charge in [-0.05, 0) is 75.0 Å². The predicted molar refractivity (Wildman–Crippen MR) is 145 cm³/mol. The Labute approximate surface area is 218 Å². The number of rotatable bonds is 3. The van der Waals surface area contributed by atoms with Crippen molar-refractivity contribution in [3.8, 4) is 0 Å². The minimum atomic E-state index is 0.135. The third-order valence-electron chi connectivity index (χ3n) is 6.94. The molecule has 0 saturated carbocycles. The number of aliphatic imine (C=N–C) groups is 1. The average molecular weight is 518 g/mol. The molecular weight excluding hydrogens is 483 g/mol. The van der Waals surface area contributed by atoms with Gasteiger partial charge in [-0.25, -0.2) is 0 Å². The third kappa shape index (κ3) is 6.76. The summed E-state index contributed by atoms with van der Waals surface area (Å²) < 4.78 is 5.55. The molecule has 1 amide bonds. The van der Waals surface area contributed by atoms with E-state index in [4.69, 9.17) is 27.9 Å². The lowest BCUT2D eigenvalue weighted by Gasteiger charge is -2.42. The van der Waals surface area contributed by atoms with E-state index in [1.165, 1.54) is 12.8 Å². The molecule has 0 aromatic heterocycles. The van der Waals surface area contributed by atoms with Crippen molar-refractivity contribution in [3.05, 3.63) is 57.6 Å². The molecule has 2 aromatic rings. The average Bonchev–Trinajstić information content (AvgIpc) is 2.91. The van der Waals surface area contributed by atoms with Gasteiger partial charge in [-0.3, -0.25) is 14.7 Å². The number of nitrogens with one attached hydrogen (secondary N) is 1. The summed E-state index contributed by atoms with van der Waals surface area (Å²) in [7, 11) is 1.81. The normalized spacial score (nSPS) is 20.5. The Bertz CT molecular complexity index is 1050. The Balaban J connectivity index is 0.000000271. The van der Waals surface area contributed by atoms with Crippen molar-refractivity contribution in [1.82, 2.24) is 9.80 Å². The van der Waals surface area contributed by atoms with Crippen LogP contribution in [-0.4, -0.2) is 73.9 Å². The Morgan fingerprint density at radius 1 is 1.06 bits per heavy atom. The second kappa shape index (κ2) is 12.2. The minimum Gasteiger partial charge on any atom is -0.380 e. The van der Waals surface area contributed by atoms with E-state index in [0.717, 1.165) is 61.5 Å². The number of anilines is 1. The maximum atomic E-state index is 12.9. The van der Waals surface area contributed by atoms with Gasteiger partial charge in [0, 0.05) is 44.6 Å². The SMILES string of the molecule is CO[C@H]1CCCN(C2CCN(C(=O)c3ccc4c(c3)NCC=N4)CC2)C1.Cc1ccc(Cl)c(Cl)c1. The molecule has 3 aliphatic rings. The van der Waals surface area contributed by atoms with Crippen molar-refractivity contribution >= 4 is 46.7 Å².